The van der Waals surface area contributed by atoms with E-state index < -0.39 is 0 Å². The molecule has 0 spiro atoms. The van der Waals surface area contributed by atoms with Crippen LogP contribution in [0.25, 0.3) is 0 Å². The molecule has 1 heterocycles. The minimum atomic E-state index is -0.275. The van der Waals surface area contributed by atoms with Crippen LogP contribution >= 0.6 is 0 Å². The van der Waals surface area contributed by atoms with Gasteiger partial charge >= 0.3 is 5.97 Å². The maximum Gasteiger partial charge on any atom is 0.359 e. The summed E-state index contributed by atoms with van der Waals surface area (Å²) in [6.45, 7) is 3.55. The molecule has 1 saturated carbocycles. The van der Waals surface area contributed by atoms with Crippen molar-refractivity contribution in [3.8, 4) is 0 Å². The number of fused-ring (bicyclic) bond motifs is 5. The number of carbonyl (C=O) groups excluding carboxylic acids is 1. The van der Waals surface area contributed by atoms with Crippen molar-refractivity contribution < 1.29 is 14.3 Å². The number of rotatable bonds is 5. The maximum atomic E-state index is 12.0. The molecule has 0 amide bonds. The van der Waals surface area contributed by atoms with Crippen LogP contribution in [-0.2, 0) is 16.0 Å². The van der Waals surface area contributed by atoms with Gasteiger partial charge in [0.05, 0.1) is 19.8 Å². The second-order valence-corrected chi connectivity index (χ2v) is 5.29. The van der Waals surface area contributed by atoms with Gasteiger partial charge < -0.3 is 9.47 Å². The minimum Gasteiger partial charge on any atom is -0.461 e. The number of methoxy groups -OCH3 is 1. The van der Waals surface area contributed by atoms with Crippen molar-refractivity contribution in [3.05, 3.63) is 17.0 Å². The number of hydrogen-bond donors (Lipinski definition) is 0. The maximum absolute atomic E-state index is 12.0. The molecule has 1 aromatic rings. The number of aromatic nitrogens is 2. The number of carbonyl (C=O) groups is 1. The topological polar surface area (TPSA) is 53.3 Å². The van der Waals surface area contributed by atoms with Crippen LogP contribution in [-0.4, -0.2) is 36.1 Å². The number of esters is 1. The lowest BCUT2D eigenvalue weighted by Gasteiger charge is -2.13. The van der Waals surface area contributed by atoms with Gasteiger partial charge in [0.25, 0.3) is 0 Å². The van der Waals surface area contributed by atoms with Crippen LogP contribution in [0, 0.1) is 0 Å². The summed E-state index contributed by atoms with van der Waals surface area (Å²) in [4.78, 5) is 12.0. The molecule has 3 rings (SSSR count). The van der Waals surface area contributed by atoms with Gasteiger partial charge in [-0.05, 0) is 32.1 Å². The highest BCUT2D eigenvalue weighted by atomic mass is 16.5. The molecule has 5 heteroatoms. The monoisotopic (exact) mass is 264 g/mol. The van der Waals surface area contributed by atoms with E-state index in [1.165, 1.54) is 25.0 Å². The molecule has 0 radical (unpaired) electrons. The zero-order valence-corrected chi connectivity index (χ0v) is 11.5. The number of nitrogens with zero attached hydrogens (tertiary/aromatic N) is 2. The van der Waals surface area contributed by atoms with Gasteiger partial charge in [-0.3, -0.25) is 4.68 Å². The molecule has 5 nitrogen and oxygen atoms in total. The van der Waals surface area contributed by atoms with E-state index in [1.54, 1.807) is 7.11 Å². The fourth-order valence-corrected chi connectivity index (χ4v) is 3.51. The van der Waals surface area contributed by atoms with Crippen LogP contribution < -0.4 is 0 Å². The van der Waals surface area contributed by atoms with E-state index in [2.05, 4.69) is 5.10 Å². The van der Waals surface area contributed by atoms with Crippen LogP contribution in [0.4, 0.5) is 0 Å². The average molecular weight is 264 g/mol. The molecule has 1 fully saturated rings. The molecule has 19 heavy (non-hydrogen) atoms. The summed E-state index contributed by atoms with van der Waals surface area (Å²) in [6.07, 6.45) is 3.57. The third-order valence-corrected chi connectivity index (χ3v) is 4.23. The second-order valence-electron chi connectivity index (χ2n) is 5.29. The molecule has 0 saturated heterocycles. The zero-order valence-electron chi connectivity index (χ0n) is 11.5. The van der Waals surface area contributed by atoms with Gasteiger partial charge in [0, 0.05) is 24.3 Å². The lowest BCUT2D eigenvalue weighted by atomic mass is 9.95. The van der Waals surface area contributed by atoms with E-state index in [1.807, 2.05) is 11.6 Å². The summed E-state index contributed by atoms with van der Waals surface area (Å²) < 4.78 is 12.2. The third kappa shape index (κ3) is 1.96. The summed E-state index contributed by atoms with van der Waals surface area (Å²) in [5.41, 5.74) is 2.96. The summed E-state index contributed by atoms with van der Waals surface area (Å²) >= 11 is 0. The van der Waals surface area contributed by atoms with Gasteiger partial charge in [0.1, 0.15) is 0 Å². The standard InChI is InChI=1S/C14H20N2O3/c1-3-19-14(17)12-11-9-4-5-10(8-9)13(11)16(15-12)6-7-18-2/h9-10H,3-8H2,1-2H3. The summed E-state index contributed by atoms with van der Waals surface area (Å²) in [5.74, 6) is 0.811. The predicted octanol–water partition coefficient (Wildman–Crippen LogP) is 2.07. The first-order valence-electron chi connectivity index (χ1n) is 7.02. The van der Waals surface area contributed by atoms with Gasteiger partial charge in [-0.15, -0.1) is 0 Å². The first-order chi connectivity index (χ1) is 9.26. The normalized spacial score (nSPS) is 23.7. The molecular weight excluding hydrogens is 244 g/mol. The van der Waals surface area contributed by atoms with E-state index in [0.717, 1.165) is 5.56 Å². The fraction of sp³-hybridized carbons (Fsp3) is 0.714. The van der Waals surface area contributed by atoms with Gasteiger partial charge in [0.2, 0.25) is 0 Å². The van der Waals surface area contributed by atoms with Crippen molar-refractivity contribution in [2.24, 2.45) is 0 Å². The molecule has 2 aliphatic carbocycles. The van der Waals surface area contributed by atoms with Gasteiger partial charge in [0.15, 0.2) is 5.69 Å². The minimum absolute atomic E-state index is 0.275. The Hall–Kier alpha value is -1.36. The molecule has 1 aromatic heterocycles. The van der Waals surface area contributed by atoms with Crippen LogP contribution in [0.5, 0.6) is 0 Å². The van der Waals surface area contributed by atoms with Crippen molar-refractivity contribution >= 4 is 5.97 Å². The van der Waals surface area contributed by atoms with Crippen LogP contribution in [0.2, 0.25) is 0 Å². The smallest absolute Gasteiger partial charge is 0.359 e. The summed E-state index contributed by atoms with van der Waals surface area (Å²) in [5, 5.41) is 4.49. The van der Waals surface area contributed by atoms with Crippen molar-refractivity contribution in [2.45, 2.75) is 44.6 Å². The van der Waals surface area contributed by atoms with Gasteiger partial charge in [-0.1, -0.05) is 0 Å². The molecule has 2 unspecified atom stereocenters. The zero-order chi connectivity index (χ0) is 13.4. The first-order valence-corrected chi connectivity index (χ1v) is 7.02. The Morgan fingerprint density at radius 2 is 2.21 bits per heavy atom. The molecule has 0 N–H and O–H groups in total. The first kappa shape index (κ1) is 12.7. The Morgan fingerprint density at radius 1 is 1.42 bits per heavy atom. The SMILES string of the molecule is CCOC(=O)c1nn(CCOC)c2c1C1CCC2C1. The quantitative estimate of drug-likeness (QED) is 0.764. The second kappa shape index (κ2) is 4.96. The Bertz CT molecular complexity index is 495. The van der Waals surface area contributed by atoms with Gasteiger partial charge in [-0.25, -0.2) is 4.79 Å². The highest BCUT2D eigenvalue weighted by Gasteiger charge is 2.43. The molecule has 2 aliphatic rings. The summed E-state index contributed by atoms with van der Waals surface area (Å²) in [7, 11) is 1.68. The van der Waals surface area contributed by atoms with Crippen molar-refractivity contribution in [1.29, 1.82) is 0 Å². The lowest BCUT2D eigenvalue weighted by Crippen LogP contribution is -2.12. The largest absolute Gasteiger partial charge is 0.461 e. The Labute approximate surface area is 112 Å². The third-order valence-electron chi connectivity index (χ3n) is 4.23. The molecule has 104 valence electrons. The Kier molecular flexibility index (Phi) is 3.31. The lowest BCUT2D eigenvalue weighted by molar-refractivity contribution is 0.0516. The van der Waals surface area contributed by atoms with Crippen molar-refractivity contribution in [2.75, 3.05) is 20.3 Å². The molecule has 0 aliphatic heterocycles. The Balaban J connectivity index is 1.97. The van der Waals surface area contributed by atoms with Gasteiger partial charge in [-0.2, -0.15) is 5.10 Å². The average Bonchev–Trinajstić information content (AvgIpc) is 3.08. The van der Waals surface area contributed by atoms with Crippen LogP contribution in [0.1, 0.15) is 59.8 Å². The van der Waals surface area contributed by atoms with E-state index in [4.69, 9.17) is 9.47 Å². The molecule has 2 atom stereocenters. The van der Waals surface area contributed by atoms with E-state index in [9.17, 15) is 4.79 Å². The summed E-state index contributed by atoms with van der Waals surface area (Å²) in [6, 6.07) is 0. The number of hydrogen-bond acceptors (Lipinski definition) is 4. The van der Waals surface area contributed by atoms with E-state index >= 15 is 0 Å². The number of ether oxygens (including phenoxy) is 2. The van der Waals surface area contributed by atoms with Crippen molar-refractivity contribution in [3.63, 3.8) is 0 Å². The van der Waals surface area contributed by atoms with E-state index in [0.29, 0.717) is 37.3 Å². The Morgan fingerprint density at radius 3 is 2.95 bits per heavy atom. The fourth-order valence-electron chi connectivity index (χ4n) is 3.51. The molecular formula is C14H20N2O3. The van der Waals surface area contributed by atoms with Crippen molar-refractivity contribution in [1.82, 2.24) is 9.78 Å². The predicted molar refractivity (Wildman–Crippen MR) is 69.4 cm³/mol. The van der Waals surface area contributed by atoms with E-state index in [-0.39, 0.29) is 5.97 Å². The molecule has 2 bridgehead atoms. The van der Waals surface area contributed by atoms with Crippen LogP contribution in [0.3, 0.4) is 0 Å². The highest BCUT2D eigenvalue weighted by molar-refractivity contribution is 5.90. The van der Waals surface area contributed by atoms with Crippen LogP contribution in [0.15, 0.2) is 0 Å². The molecule has 0 aromatic carbocycles. The highest BCUT2D eigenvalue weighted by Crippen LogP contribution is 2.54.